The fourth-order valence-electron chi connectivity index (χ4n) is 8.28. The van der Waals surface area contributed by atoms with Gasteiger partial charge in [0.1, 0.15) is 11.2 Å². The third kappa shape index (κ3) is 5.32. The number of hydrogen-bond donors (Lipinski definition) is 0. The van der Waals surface area contributed by atoms with Gasteiger partial charge in [-0.15, -0.1) is 11.3 Å². The van der Waals surface area contributed by atoms with Crippen molar-refractivity contribution < 1.29 is 4.42 Å². The summed E-state index contributed by atoms with van der Waals surface area (Å²) >= 11 is 1.87. The van der Waals surface area contributed by atoms with E-state index in [4.69, 9.17) is 4.42 Å². The number of fused-ring (bicyclic) bond motifs is 7. The first-order valence-electron chi connectivity index (χ1n) is 18.7. The van der Waals surface area contributed by atoms with Gasteiger partial charge in [-0.2, -0.15) is 0 Å². The van der Waals surface area contributed by atoms with Crippen molar-refractivity contribution in [2.45, 2.75) is 0 Å². The quantitative estimate of drug-likeness (QED) is 0.170. The molecule has 11 rings (SSSR count). The highest BCUT2D eigenvalue weighted by atomic mass is 32.1. The average molecular weight is 720 g/mol. The number of thiophene rings is 1. The predicted octanol–water partition coefficient (Wildman–Crippen LogP) is 15.6. The zero-order chi connectivity index (χ0) is 36.3. The van der Waals surface area contributed by atoms with Gasteiger partial charge in [-0.1, -0.05) is 146 Å². The van der Waals surface area contributed by atoms with Crippen LogP contribution in [0.15, 0.2) is 205 Å². The Morgan fingerprint density at radius 1 is 0.345 bits per heavy atom. The van der Waals surface area contributed by atoms with Crippen LogP contribution in [0.5, 0.6) is 0 Å². The lowest BCUT2D eigenvalue weighted by Crippen LogP contribution is -2.09. The van der Waals surface area contributed by atoms with Crippen molar-refractivity contribution in [3.8, 4) is 33.4 Å². The number of furan rings is 1. The van der Waals surface area contributed by atoms with Gasteiger partial charge in [-0.3, -0.25) is 0 Å². The molecule has 0 aliphatic rings. The number of anilines is 3. The second-order valence-corrected chi connectivity index (χ2v) is 15.1. The van der Waals surface area contributed by atoms with Crippen LogP contribution in [-0.4, -0.2) is 0 Å². The molecule has 11 aromatic rings. The van der Waals surface area contributed by atoms with Gasteiger partial charge >= 0.3 is 0 Å². The maximum Gasteiger partial charge on any atom is 0.136 e. The molecule has 0 atom stereocenters. The van der Waals surface area contributed by atoms with Crippen molar-refractivity contribution in [3.63, 3.8) is 0 Å². The van der Waals surface area contributed by atoms with Gasteiger partial charge in [-0.05, 0) is 98.8 Å². The Bertz CT molecular complexity index is 3180. The van der Waals surface area contributed by atoms with Crippen LogP contribution in [0.3, 0.4) is 0 Å². The van der Waals surface area contributed by atoms with Crippen molar-refractivity contribution in [2.24, 2.45) is 0 Å². The molecule has 0 N–H and O–H groups in total. The fraction of sp³-hybridized carbons (Fsp3) is 0. The number of nitrogens with zero attached hydrogens (tertiary/aromatic N) is 1. The van der Waals surface area contributed by atoms with Crippen LogP contribution in [0.1, 0.15) is 0 Å². The lowest BCUT2D eigenvalue weighted by Gasteiger charge is -2.26. The highest BCUT2D eigenvalue weighted by molar-refractivity contribution is 7.26. The Morgan fingerprint density at radius 2 is 0.836 bits per heavy atom. The molecule has 0 unspecified atom stereocenters. The standard InChI is InChI=1S/C52H33NOS/c1-2-12-41-34(10-1)11-7-15-42(41)35-22-28-38(29-23-35)53(39-30-24-36(25-31-39)43-16-9-20-49-51(43)47-14-3-5-19-48(47)54-49)40-32-26-37(27-33-40)44-17-8-18-46-45-13-4-6-21-50(45)55-52(44)46/h1-33H. The van der Waals surface area contributed by atoms with Crippen molar-refractivity contribution in [3.05, 3.63) is 200 Å². The zero-order valence-electron chi connectivity index (χ0n) is 29.8. The maximum absolute atomic E-state index is 6.23. The molecule has 0 amide bonds. The van der Waals surface area contributed by atoms with E-state index in [0.29, 0.717) is 0 Å². The summed E-state index contributed by atoms with van der Waals surface area (Å²) in [6.07, 6.45) is 0. The molecule has 2 heterocycles. The third-order valence-corrected chi connectivity index (χ3v) is 12.1. The molecule has 0 bridgehead atoms. The van der Waals surface area contributed by atoms with Gasteiger partial charge in [0.25, 0.3) is 0 Å². The van der Waals surface area contributed by atoms with E-state index in [1.165, 1.54) is 58.8 Å². The summed E-state index contributed by atoms with van der Waals surface area (Å²) in [6, 6.07) is 72.1. The Kier molecular flexibility index (Phi) is 7.39. The summed E-state index contributed by atoms with van der Waals surface area (Å²) in [6.45, 7) is 0. The van der Waals surface area contributed by atoms with Crippen LogP contribution in [0.4, 0.5) is 17.1 Å². The van der Waals surface area contributed by atoms with Crippen LogP contribution in [0.25, 0.3) is 86.3 Å². The van der Waals surface area contributed by atoms with Crippen LogP contribution in [0.2, 0.25) is 0 Å². The molecule has 9 aromatic carbocycles. The van der Waals surface area contributed by atoms with Crippen LogP contribution < -0.4 is 4.90 Å². The summed E-state index contributed by atoms with van der Waals surface area (Å²) in [5.41, 5.74) is 12.3. The zero-order valence-corrected chi connectivity index (χ0v) is 30.6. The molecule has 0 fully saturated rings. The van der Waals surface area contributed by atoms with E-state index in [2.05, 4.69) is 193 Å². The summed E-state index contributed by atoms with van der Waals surface area (Å²) in [5.74, 6) is 0. The smallest absolute Gasteiger partial charge is 0.136 e. The van der Waals surface area contributed by atoms with Crippen molar-refractivity contribution in [1.82, 2.24) is 0 Å². The number of rotatable bonds is 6. The molecule has 2 nitrogen and oxygen atoms in total. The number of para-hydroxylation sites is 1. The first-order valence-corrected chi connectivity index (χ1v) is 19.5. The average Bonchev–Trinajstić information content (AvgIpc) is 3.83. The highest BCUT2D eigenvalue weighted by Gasteiger charge is 2.17. The molecule has 2 aromatic heterocycles. The molecule has 55 heavy (non-hydrogen) atoms. The molecule has 3 heteroatoms. The minimum Gasteiger partial charge on any atom is -0.456 e. The summed E-state index contributed by atoms with van der Waals surface area (Å²) in [4.78, 5) is 2.36. The van der Waals surface area contributed by atoms with Gasteiger partial charge < -0.3 is 9.32 Å². The summed E-state index contributed by atoms with van der Waals surface area (Å²) in [7, 11) is 0. The molecule has 0 saturated heterocycles. The maximum atomic E-state index is 6.23. The first kappa shape index (κ1) is 31.6. The Labute approximate surface area is 322 Å². The monoisotopic (exact) mass is 719 g/mol. The molecule has 0 aliphatic heterocycles. The van der Waals surface area contributed by atoms with E-state index >= 15 is 0 Å². The van der Waals surface area contributed by atoms with Gasteiger partial charge in [0.15, 0.2) is 0 Å². The van der Waals surface area contributed by atoms with Crippen LogP contribution >= 0.6 is 11.3 Å². The molecule has 0 radical (unpaired) electrons. The highest BCUT2D eigenvalue weighted by Crippen LogP contribution is 2.43. The lowest BCUT2D eigenvalue weighted by atomic mass is 9.97. The predicted molar refractivity (Wildman–Crippen MR) is 235 cm³/mol. The van der Waals surface area contributed by atoms with Gasteiger partial charge in [-0.25, -0.2) is 0 Å². The third-order valence-electron chi connectivity index (χ3n) is 10.9. The van der Waals surface area contributed by atoms with Crippen molar-refractivity contribution >= 4 is 81.3 Å². The Morgan fingerprint density at radius 3 is 1.58 bits per heavy atom. The second kappa shape index (κ2) is 12.9. The lowest BCUT2D eigenvalue weighted by molar-refractivity contribution is 0.669. The second-order valence-electron chi connectivity index (χ2n) is 14.1. The Balaban J connectivity index is 1.01. The van der Waals surface area contributed by atoms with E-state index in [9.17, 15) is 0 Å². The van der Waals surface area contributed by atoms with E-state index < -0.39 is 0 Å². The largest absolute Gasteiger partial charge is 0.456 e. The SMILES string of the molecule is c1ccc2c(-c3ccc(N(c4ccc(-c5cccc6c5sc5ccccc56)cc4)c4ccc(-c5cccc6oc7ccccc7c56)cc4)cc3)cccc2c1. The molecule has 0 aliphatic carbocycles. The molecular weight excluding hydrogens is 687 g/mol. The van der Waals surface area contributed by atoms with Crippen LogP contribution in [-0.2, 0) is 0 Å². The summed E-state index contributed by atoms with van der Waals surface area (Å²) < 4.78 is 8.88. The van der Waals surface area contributed by atoms with E-state index in [1.54, 1.807) is 0 Å². The van der Waals surface area contributed by atoms with Crippen molar-refractivity contribution in [1.29, 1.82) is 0 Å². The fourth-order valence-corrected chi connectivity index (χ4v) is 9.52. The van der Waals surface area contributed by atoms with Crippen molar-refractivity contribution in [2.75, 3.05) is 4.90 Å². The number of benzene rings is 9. The van der Waals surface area contributed by atoms with E-state index in [0.717, 1.165) is 44.6 Å². The molecule has 0 saturated carbocycles. The normalized spacial score (nSPS) is 11.6. The molecular formula is C52H33NOS. The topological polar surface area (TPSA) is 16.4 Å². The van der Waals surface area contributed by atoms with E-state index in [-0.39, 0.29) is 0 Å². The van der Waals surface area contributed by atoms with E-state index in [1.807, 2.05) is 23.5 Å². The minimum atomic E-state index is 0.905. The van der Waals surface area contributed by atoms with Gasteiger partial charge in [0, 0.05) is 48.0 Å². The summed E-state index contributed by atoms with van der Waals surface area (Å²) in [5, 5.41) is 7.42. The molecule has 258 valence electrons. The Hall–Kier alpha value is -6.94. The van der Waals surface area contributed by atoms with Crippen LogP contribution in [0, 0.1) is 0 Å². The van der Waals surface area contributed by atoms with Gasteiger partial charge in [0.05, 0.1) is 0 Å². The minimum absolute atomic E-state index is 0.905. The van der Waals surface area contributed by atoms with Gasteiger partial charge in [0.2, 0.25) is 0 Å². The number of hydrogen-bond acceptors (Lipinski definition) is 3. The first-order chi connectivity index (χ1) is 27.3. The molecule has 0 spiro atoms.